The van der Waals surface area contributed by atoms with Gasteiger partial charge in [0.15, 0.2) is 0 Å². The molecule has 0 bridgehead atoms. The Balaban J connectivity index is 2.84. The van der Waals surface area contributed by atoms with E-state index in [1.165, 1.54) is 20.1 Å². The minimum atomic E-state index is -0.670. The van der Waals surface area contributed by atoms with Crippen molar-refractivity contribution >= 4 is 11.9 Å². The number of ether oxygens (including phenoxy) is 2. The fourth-order valence-electron chi connectivity index (χ4n) is 0.940. The van der Waals surface area contributed by atoms with Crippen molar-refractivity contribution in [1.82, 2.24) is 0 Å². The summed E-state index contributed by atoms with van der Waals surface area (Å²) in [5.74, 6) is -0.753. The van der Waals surface area contributed by atoms with Gasteiger partial charge in [-0.3, -0.25) is 4.79 Å². The Morgan fingerprint density at radius 1 is 1.29 bits per heavy atom. The smallest absolute Gasteiger partial charge is 0.345 e. The van der Waals surface area contributed by atoms with Crippen LogP contribution in [0.1, 0.15) is 17.3 Å². The summed E-state index contributed by atoms with van der Waals surface area (Å²) in [5, 5.41) is 0. The zero-order valence-electron chi connectivity index (χ0n) is 7.94. The molecule has 4 nitrogen and oxygen atoms in total. The van der Waals surface area contributed by atoms with Gasteiger partial charge >= 0.3 is 11.9 Å². The summed E-state index contributed by atoms with van der Waals surface area (Å²) in [6.45, 7) is 1.18. The Hall–Kier alpha value is -1.84. The van der Waals surface area contributed by atoms with Crippen molar-refractivity contribution in [2.24, 2.45) is 0 Å². The van der Waals surface area contributed by atoms with Crippen LogP contribution < -0.4 is 4.74 Å². The summed E-state index contributed by atoms with van der Waals surface area (Å²) in [4.78, 5) is 21.7. The first-order chi connectivity index (χ1) is 6.63. The summed E-state index contributed by atoms with van der Waals surface area (Å²) in [6.07, 6.45) is 0. The van der Waals surface area contributed by atoms with Gasteiger partial charge in [-0.15, -0.1) is 0 Å². The highest BCUT2D eigenvalue weighted by atomic mass is 16.6. The maximum atomic E-state index is 11.2. The number of hydrogen-bond acceptors (Lipinski definition) is 4. The zero-order chi connectivity index (χ0) is 10.6. The van der Waals surface area contributed by atoms with Crippen molar-refractivity contribution in [1.29, 1.82) is 0 Å². The van der Waals surface area contributed by atoms with Crippen molar-refractivity contribution in [2.75, 3.05) is 7.11 Å². The third-order valence-electron chi connectivity index (χ3n) is 1.54. The molecule has 0 aliphatic carbocycles. The third-order valence-corrected chi connectivity index (χ3v) is 1.54. The first-order valence-corrected chi connectivity index (χ1v) is 4.00. The van der Waals surface area contributed by atoms with Crippen molar-refractivity contribution < 1.29 is 19.1 Å². The standard InChI is InChI=1S/C10H10O4/c1-7(11)14-10(12)8-4-3-5-9(6-8)13-2/h3-6H,1-2H3. The number of esters is 2. The van der Waals surface area contributed by atoms with Crippen molar-refractivity contribution in [3.63, 3.8) is 0 Å². The van der Waals surface area contributed by atoms with E-state index in [2.05, 4.69) is 4.74 Å². The van der Waals surface area contributed by atoms with E-state index in [1.54, 1.807) is 18.2 Å². The van der Waals surface area contributed by atoms with Gasteiger partial charge in [-0.1, -0.05) is 6.07 Å². The molecule has 74 valence electrons. The second-order valence-electron chi connectivity index (χ2n) is 2.61. The number of hydrogen-bond donors (Lipinski definition) is 0. The van der Waals surface area contributed by atoms with Crippen LogP contribution in [0.5, 0.6) is 5.75 Å². The number of methoxy groups -OCH3 is 1. The van der Waals surface area contributed by atoms with Crippen LogP contribution in [0.3, 0.4) is 0 Å². The van der Waals surface area contributed by atoms with Crippen LogP contribution in [-0.4, -0.2) is 19.0 Å². The van der Waals surface area contributed by atoms with Gasteiger partial charge in [-0.2, -0.15) is 0 Å². The molecule has 0 spiro atoms. The second-order valence-corrected chi connectivity index (χ2v) is 2.61. The van der Waals surface area contributed by atoms with Crippen molar-refractivity contribution in [3.05, 3.63) is 29.8 Å². The lowest BCUT2D eigenvalue weighted by atomic mass is 10.2. The Bertz CT molecular complexity index is 357. The lowest BCUT2D eigenvalue weighted by Crippen LogP contribution is -2.09. The van der Waals surface area contributed by atoms with E-state index in [4.69, 9.17) is 4.74 Å². The molecule has 0 aliphatic rings. The average Bonchev–Trinajstić information content (AvgIpc) is 2.17. The van der Waals surface area contributed by atoms with Crippen LogP contribution in [-0.2, 0) is 9.53 Å². The topological polar surface area (TPSA) is 52.6 Å². The van der Waals surface area contributed by atoms with Crippen LogP contribution in [0.4, 0.5) is 0 Å². The van der Waals surface area contributed by atoms with E-state index in [1.807, 2.05) is 0 Å². The molecule has 14 heavy (non-hydrogen) atoms. The normalized spacial score (nSPS) is 9.29. The van der Waals surface area contributed by atoms with Gasteiger partial charge < -0.3 is 9.47 Å². The van der Waals surface area contributed by atoms with Crippen LogP contribution in [0.15, 0.2) is 24.3 Å². The molecule has 0 heterocycles. The molecule has 0 atom stereocenters. The predicted molar refractivity (Wildman–Crippen MR) is 49.1 cm³/mol. The Morgan fingerprint density at radius 2 is 2.00 bits per heavy atom. The van der Waals surface area contributed by atoms with Crippen LogP contribution in [0.25, 0.3) is 0 Å². The van der Waals surface area contributed by atoms with Gasteiger partial charge in [0.05, 0.1) is 12.7 Å². The number of benzene rings is 1. The molecule has 0 aromatic heterocycles. The fourth-order valence-corrected chi connectivity index (χ4v) is 0.940. The predicted octanol–water partition coefficient (Wildman–Crippen LogP) is 1.40. The van der Waals surface area contributed by atoms with Crippen LogP contribution in [0.2, 0.25) is 0 Å². The van der Waals surface area contributed by atoms with Crippen LogP contribution >= 0.6 is 0 Å². The SMILES string of the molecule is COc1cccc(C(=O)OC(C)=O)c1. The fraction of sp³-hybridized carbons (Fsp3) is 0.200. The quantitative estimate of drug-likeness (QED) is 0.527. The van der Waals surface area contributed by atoms with E-state index in [0.717, 1.165) is 0 Å². The van der Waals surface area contributed by atoms with Crippen molar-refractivity contribution in [3.8, 4) is 5.75 Å². The summed E-state index contributed by atoms with van der Waals surface area (Å²) in [6, 6.07) is 6.40. The van der Waals surface area contributed by atoms with E-state index in [0.29, 0.717) is 11.3 Å². The van der Waals surface area contributed by atoms with E-state index >= 15 is 0 Å². The maximum Gasteiger partial charge on any atom is 0.345 e. The Kier molecular flexibility index (Phi) is 3.23. The first kappa shape index (κ1) is 10.2. The molecule has 0 saturated carbocycles. The highest BCUT2D eigenvalue weighted by Crippen LogP contribution is 2.13. The molecule has 1 rings (SSSR count). The second kappa shape index (κ2) is 4.41. The average molecular weight is 194 g/mol. The molecular formula is C10H10O4. The molecule has 0 aliphatic heterocycles. The van der Waals surface area contributed by atoms with Gasteiger partial charge in [0, 0.05) is 6.92 Å². The Labute approximate surface area is 81.4 Å². The lowest BCUT2D eigenvalue weighted by Gasteiger charge is -2.02. The molecule has 1 aromatic carbocycles. The molecule has 0 amide bonds. The summed E-state index contributed by atoms with van der Waals surface area (Å²) in [7, 11) is 1.50. The third kappa shape index (κ3) is 2.58. The van der Waals surface area contributed by atoms with Gasteiger partial charge in [0.2, 0.25) is 0 Å². The zero-order valence-corrected chi connectivity index (χ0v) is 7.94. The molecule has 4 heteroatoms. The van der Waals surface area contributed by atoms with E-state index in [9.17, 15) is 9.59 Å². The lowest BCUT2D eigenvalue weighted by molar-refractivity contribution is -0.135. The van der Waals surface area contributed by atoms with Gasteiger partial charge in [0.25, 0.3) is 0 Å². The maximum absolute atomic E-state index is 11.2. The van der Waals surface area contributed by atoms with Gasteiger partial charge in [-0.05, 0) is 18.2 Å². The van der Waals surface area contributed by atoms with Gasteiger partial charge in [0.1, 0.15) is 5.75 Å². The summed E-state index contributed by atoms with van der Waals surface area (Å²) >= 11 is 0. The number of rotatable bonds is 2. The molecule has 0 N–H and O–H groups in total. The highest BCUT2D eigenvalue weighted by Gasteiger charge is 2.09. The number of carbonyl (C=O) groups is 2. The highest BCUT2D eigenvalue weighted by molar-refractivity contribution is 5.96. The van der Waals surface area contributed by atoms with Gasteiger partial charge in [-0.25, -0.2) is 4.79 Å². The monoisotopic (exact) mass is 194 g/mol. The van der Waals surface area contributed by atoms with E-state index < -0.39 is 11.9 Å². The van der Waals surface area contributed by atoms with Crippen LogP contribution in [0, 0.1) is 0 Å². The first-order valence-electron chi connectivity index (χ1n) is 4.00. The molecule has 0 unspecified atom stereocenters. The summed E-state index contributed by atoms with van der Waals surface area (Å²) in [5.41, 5.74) is 0.291. The summed E-state index contributed by atoms with van der Waals surface area (Å²) < 4.78 is 9.32. The largest absolute Gasteiger partial charge is 0.497 e. The number of carbonyl (C=O) groups excluding carboxylic acids is 2. The molecule has 0 fully saturated rings. The minimum absolute atomic E-state index is 0.291. The molecule has 0 saturated heterocycles. The van der Waals surface area contributed by atoms with E-state index in [-0.39, 0.29) is 0 Å². The molecule has 1 aromatic rings. The molecule has 0 radical (unpaired) electrons. The molecular weight excluding hydrogens is 184 g/mol. The van der Waals surface area contributed by atoms with Crippen molar-refractivity contribution in [2.45, 2.75) is 6.92 Å². The minimum Gasteiger partial charge on any atom is -0.497 e. The Morgan fingerprint density at radius 3 is 2.57 bits per heavy atom.